The van der Waals surface area contributed by atoms with Crippen LogP contribution in [0.15, 0.2) is 36.4 Å². The summed E-state index contributed by atoms with van der Waals surface area (Å²) >= 11 is 11.8. The van der Waals surface area contributed by atoms with Crippen LogP contribution in [0.1, 0.15) is 5.82 Å². The van der Waals surface area contributed by atoms with Crippen LogP contribution in [0.4, 0.5) is 5.69 Å². The number of aromatic nitrogens is 2. The predicted octanol–water partition coefficient (Wildman–Crippen LogP) is 4.20. The molecule has 6 heteroatoms. The molecule has 4 nitrogen and oxygen atoms in total. The number of phenolic OH excluding ortho intramolecular Hbond substituents is 1. The maximum atomic E-state index is 9.55. The van der Waals surface area contributed by atoms with Gasteiger partial charge in [0.25, 0.3) is 0 Å². The fourth-order valence-electron chi connectivity index (χ4n) is 2.20. The van der Waals surface area contributed by atoms with Crippen molar-refractivity contribution in [2.24, 2.45) is 7.05 Å². The van der Waals surface area contributed by atoms with E-state index in [0.717, 1.165) is 22.5 Å². The lowest BCUT2D eigenvalue weighted by Gasteiger charge is -2.09. The van der Waals surface area contributed by atoms with Gasteiger partial charge in [-0.05, 0) is 24.3 Å². The molecule has 2 N–H and O–H groups in total. The average molecular weight is 322 g/mol. The largest absolute Gasteiger partial charge is 0.505 e. The Balaban J connectivity index is 1.85. The zero-order chi connectivity index (χ0) is 15.0. The van der Waals surface area contributed by atoms with Crippen molar-refractivity contribution < 1.29 is 5.11 Å². The topological polar surface area (TPSA) is 50.1 Å². The van der Waals surface area contributed by atoms with Crippen LogP contribution < -0.4 is 5.32 Å². The molecule has 108 valence electrons. The molecule has 0 spiro atoms. The van der Waals surface area contributed by atoms with E-state index in [1.54, 1.807) is 12.1 Å². The first-order chi connectivity index (χ1) is 10.1. The monoisotopic (exact) mass is 321 g/mol. The molecule has 1 heterocycles. The third-order valence-electron chi connectivity index (χ3n) is 3.35. The summed E-state index contributed by atoms with van der Waals surface area (Å²) in [6, 6.07) is 11.2. The number of para-hydroxylation sites is 2. The van der Waals surface area contributed by atoms with Crippen molar-refractivity contribution >= 4 is 39.9 Å². The molecule has 0 saturated carbocycles. The van der Waals surface area contributed by atoms with Crippen molar-refractivity contribution in [3.63, 3.8) is 0 Å². The van der Waals surface area contributed by atoms with Crippen molar-refractivity contribution in [2.45, 2.75) is 6.54 Å². The molecule has 0 bridgehead atoms. The number of aromatic hydroxyl groups is 1. The van der Waals surface area contributed by atoms with E-state index < -0.39 is 0 Å². The van der Waals surface area contributed by atoms with Gasteiger partial charge in [0.2, 0.25) is 0 Å². The average Bonchev–Trinajstić information content (AvgIpc) is 2.79. The number of rotatable bonds is 3. The van der Waals surface area contributed by atoms with Crippen molar-refractivity contribution in [2.75, 3.05) is 5.32 Å². The summed E-state index contributed by atoms with van der Waals surface area (Å²) in [5.74, 6) is 0.795. The van der Waals surface area contributed by atoms with E-state index in [1.807, 2.05) is 35.9 Å². The second-order valence-electron chi connectivity index (χ2n) is 4.72. The van der Waals surface area contributed by atoms with Gasteiger partial charge < -0.3 is 15.0 Å². The van der Waals surface area contributed by atoms with Crippen LogP contribution in [0.25, 0.3) is 11.0 Å². The van der Waals surface area contributed by atoms with Gasteiger partial charge in [-0.2, -0.15) is 0 Å². The van der Waals surface area contributed by atoms with Gasteiger partial charge in [-0.3, -0.25) is 0 Å². The smallest absolute Gasteiger partial charge is 0.152 e. The lowest BCUT2D eigenvalue weighted by atomic mass is 10.3. The normalized spacial score (nSPS) is 11.0. The molecule has 0 unspecified atom stereocenters. The third kappa shape index (κ3) is 2.64. The Labute approximate surface area is 131 Å². The number of phenols is 1. The lowest BCUT2D eigenvalue weighted by molar-refractivity contribution is 0.476. The lowest BCUT2D eigenvalue weighted by Crippen LogP contribution is -2.05. The van der Waals surface area contributed by atoms with E-state index in [4.69, 9.17) is 23.2 Å². The van der Waals surface area contributed by atoms with Gasteiger partial charge in [0, 0.05) is 12.7 Å². The Morgan fingerprint density at radius 2 is 1.86 bits per heavy atom. The van der Waals surface area contributed by atoms with Crippen molar-refractivity contribution in [1.29, 1.82) is 0 Å². The van der Waals surface area contributed by atoms with Crippen LogP contribution in [0.2, 0.25) is 10.0 Å². The van der Waals surface area contributed by atoms with Crippen LogP contribution >= 0.6 is 23.2 Å². The van der Waals surface area contributed by atoms with Crippen LogP contribution in [-0.2, 0) is 13.6 Å². The van der Waals surface area contributed by atoms with Gasteiger partial charge in [-0.15, -0.1) is 0 Å². The Bertz CT molecular complexity index is 791. The number of nitrogens with one attached hydrogen (secondary N) is 1. The van der Waals surface area contributed by atoms with Gasteiger partial charge in [0.1, 0.15) is 5.82 Å². The van der Waals surface area contributed by atoms with E-state index in [0.29, 0.717) is 6.54 Å². The van der Waals surface area contributed by atoms with Crippen molar-refractivity contribution in [1.82, 2.24) is 9.55 Å². The molecule has 0 fully saturated rings. The highest BCUT2D eigenvalue weighted by atomic mass is 35.5. The van der Waals surface area contributed by atoms with Crippen LogP contribution in [0.3, 0.4) is 0 Å². The first-order valence-electron chi connectivity index (χ1n) is 6.38. The van der Waals surface area contributed by atoms with Crippen molar-refractivity contribution in [3.8, 4) is 5.75 Å². The second kappa shape index (κ2) is 5.47. The highest BCUT2D eigenvalue weighted by Crippen LogP contribution is 2.34. The Morgan fingerprint density at radius 3 is 2.52 bits per heavy atom. The molecule has 21 heavy (non-hydrogen) atoms. The highest BCUT2D eigenvalue weighted by molar-refractivity contribution is 6.37. The van der Waals surface area contributed by atoms with Gasteiger partial charge in [-0.1, -0.05) is 35.3 Å². The number of benzene rings is 2. The SMILES string of the molecule is Cn1c(CNc2cc(Cl)c(O)c(Cl)c2)nc2ccccc21. The minimum Gasteiger partial charge on any atom is -0.505 e. The molecule has 0 saturated heterocycles. The minimum atomic E-state index is -0.105. The summed E-state index contributed by atoms with van der Waals surface area (Å²) in [5.41, 5.74) is 2.77. The number of imidazole rings is 1. The zero-order valence-corrected chi connectivity index (χ0v) is 12.8. The fraction of sp³-hybridized carbons (Fsp3) is 0.133. The highest BCUT2D eigenvalue weighted by Gasteiger charge is 2.09. The molecule has 0 aliphatic carbocycles. The summed E-state index contributed by atoms with van der Waals surface area (Å²) in [5, 5.41) is 13.2. The molecule has 3 rings (SSSR count). The van der Waals surface area contributed by atoms with Gasteiger partial charge >= 0.3 is 0 Å². The molecule has 0 aliphatic rings. The first kappa shape index (κ1) is 14.0. The van der Waals surface area contributed by atoms with E-state index in [1.165, 1.54) is 0 Å². The second-order valence-corrected chi connectivity index (χ2v) is 5.53. The molecule has 0 amide bonds. The summed E-state index contributed by atoms with van der Waals surface area (Å²) < 4.78 is 2.03. The van der Waals surface area contributed by atoms with Gasteiger partial charge in [0.15, 0.2) is 5.75 Å². The molecule has 0 radical (unpaired) electrons. The summed E-state index contributed by atoms with van der Waals surface area (Å²) in [6.45, 7) is 0.530. The number of hydrogen-bond acceptors (Lipinski definition) is 3. The summed E-state index contributed by atoms with van der Waals surface area (Å²) in [4.78, 5) is 4.57. The number of aryl methyl sites for hydroxylation is 1. The molecule has 0 aliphatic heterocycles. The minimum absolute atomic E-state index is 0.105. The molecular weight excluding hydrogens is 309 g/mol. The molecule has 3 aromatic rings. The predicted molar refractivity (Wildman–Crippen MR) is 86.2 cm³/mol. The standard InChI is InChI=1S/C15H13Cl2N3O/c1-20-13-5-3-2-4-12(13)19-14(20)8-18-9-6-10(16)15(21)11(17)7-9/h2-7,18,21H,8H2,1H3. The Kier molecular flexibility index (Phi) is 3.66. The quantitative estimate of drug-likeness (QED) is 0.711. The Hall–Kier alpha value is -1.91. The van der Waals surface area contributed by atoms with Crippen LogP contribution in [-0.4, -0.2) is 14.7 Å². The zero-order valence-electron chi connectivity index (χ0n) is 11.3. The first-order valence-corrected chi connectivity index (χ1v) is 7.14. The van der Waals surface area contributed by atoms with E-state index in [9.17, 15) is 5.11 Å². The van der Waals surface area contributed by atoms with Crippen LogP contribution in [0.5, 0.6) is 5.75 Å². The van der Waals surface area contributed by atoms with E-state index in [2.05, 4.69) is 10.3 Å². The number of halogens is 2. The fourth-order valence-corrected chi connectivity index (χ4v) is 2.69. The molecule has 0 atom stereocenters. The maximum absolute atomic E-state index is 9.55. The number of nitrogens with zero attached hydrogens (tertiary/aromatic N) is 2. The molecule has 1 aromatic heterocycles. The summed E-state index contributed by atoms with van der Waals surface area (Å²) in [7, 11) is 1.98. The van der Waals surface area contributed by atoms with Crippen LogP contribution in [0, 0.1) is 0 Å². The van der Waals surface area contributed by atoms with Gasteiger partial charge in [0.05, 0.1) is 27.6 Å². The van der Waals surface area contributed by atoms with E-state index >= 15 is 0 Å². The number of fused-ring (bicyclic) bond motifs is 1. The Morgan fingerprint density at radius 1 is 1.19 bits per heavy atom. The number of anilines is 1. The summed E-state index contributed by atoms with van der Waals surface area (Å²) in [6.07, 6.45) is 0. The van der Waals surface area contributed by atoms with Gasteiger partial charge in [-0.25, -0.2) is 4.98 Å². The van der Waals surface area contributed by atoms with E-state index in [-0.39, 0.29) is 15.8 Å². The molecule has 2 aromatic carbocycles. The van der Waals surface area contributed by atoms with Crippen molar-refractivity contribution in [3.05, 3.63) is 52.3 Å². The third-order valence-corrected chi connectivity index (χ3v) is 3.92. The maximum Gasteiger partial charge on any atom is 0.152 e. The molecular formula is C15H13Cl2N3O. The number of hydrogen-bond donors (Lipinski definition) is 2.